The van der Waals surface area contributed by atoms with Crippen LogP contribution in [0.4, 0.5) is 0 Å². The molecule has 0 atom stereocenters. The lowest BCUT2D eigenvalue weighted by atomic mass is 10.1. The molecule has 2 rings (SSSR count). The van der Waals surface area contributed by atoms with E-state index in [9.17, 15) is 0 Å². The van der Waals surface area contributed by atoms with Gasteiger partial charge in [-0.15, -0.1) is 0 Å². The van der Waals surface area contributed by atoms with Crippen LogP contribution in [-0.4, -0.2) is 31.9 Å². The molecule has 0 bridgehead atoms. The van der Waals surface area contributed by atoms with Crippen LogP contribution >= 0.6 is 0 Å². The van der Waals surface area contributed by atoms with Gasteiger partial charge < -0.3 is 14.6 Å². The number of para-hydroxylation sites is 1. The SMILES string of the molecule is CNCCCc1cn(CCCCOC)c2ccccc12. The maximum Gasteiger partial charge on any atom is 0.0483 e. The van der Waals surface area contributed by atoms with Gasteiger partial charge in [-0.2, -0.15) is 0 Å². The number of rotatable bonds is 9. The molecule has 2 aromatic rings. The van der Waals surface area contributed by atoms with Crippen molar-refractivity contribution < 1.29 is 4.74 Å². The lowest BCUT2D eigenvalue weighted by Gasteiger charge is -2.04. The molecule has 0 radical (unpaired) electrons. The fraction of sp³-hybridized carbons (Fsp3) is 0.529. The highest BCUT2D eigenvalue weighted by Crippen LogP contribution is 2.23. The lowest BCUT2D eigenvalue weighted by Crippen LogP contribution is -2.08. The van der Waals surface area contributed by atoms with E-state index in [4.69, 9.17) is 4.74 Å². The average Bonchev–Trinajstić information content (AvgIpc) is 2.83. The van der Waals surface area contributed by atoms with Gasteiger partial charge in [0.2, 0.25) is 0 Å². The highest BCUT2D eigenvalue weighted by Gasteiger charge is 2.07. The molecular weight excluding hydrogens is 248 g/mol. The monoisotopic (exact) mass is 274 g/mol. The summed E-state index contributed by atoms with van der Waals surface area (Å²) in [5.41, 5.74) is 2.84. The molecule has 0 unspecified atom stereocenters. The van der Waals surface area contributed by atoms with Crippen molar-refractivity contribution in [2.24, 2.45) is 0 Å². The summed E-state index contributed by atoms with van der Waals surface area (Å²) in [6.07, 6.45) is 6.97. The van der Waals surface area contributed by atoms with Gasteiger partial charge in [-0.25, -0.2) is 0 Å². The van der Waals surface area contributed by atoms with E-state index >= 15 is 0 Å². The number of benzene rings is 1. The summed E-state index contributed by atoms with van der Waals surface area (Å²) < 4.78 is 7.52. The first-order valence-electron chi connectivity index (χ1n) is 7.57. The summed E-state index contributed by atoms with van der Waals surface area (Å²) in [5.74, 6) is 0. The molecule has 1 heterocycles. The Morgan fingerprint density at radius 2 is 2.00 bits per heavy atom. The first kappa shape index (κ1) is 15.1. The third kappa shape index (κ3) is 3.84. The Kier molecular flexibility index (Phi) is 6.09. The highest BCUT2D eigenvalue weighted by atomic mass is 16.5. The molecular formula is C17H26N2O. The van der Waals surface area contributed by atoms with E-state index in [0.29, 0.717) is 0 Å². The Labute approximate surface area is 121 Å². The summed E-state index contributed by atoms with van der Waals surface area (Å²) in [4.78, 5) is 0. The molecule has 3 nitrogen and oxygen atoms in total. The van der Waals surface area contributed by atoms with Gasteiger partial charge >= 0.3 is 0 Å². The zero-order chi connectivity index (χ0) is 14.2. The number of aryl methyl sites for hydroxylation is 2. The van der Waals surface area contributed by atoms with Crippen molar-refractivity contribution in [1.29, 1.82) is 0 Å². The Morgan fingerprint density at radius 3 is 2.80 bits per heavy atom. The van der Waals surface area contributed by atoms with Crippen molar-refractivity contribution >= 4 is 10.9 Å². The van der Waals surface area contributed by atoms with Crippen molar-refractivity contribution in [3.05, 3.63) is 36.0 Å². The van der Waals surface area contributed by atoms with Crippen molar-refractivity contribution in [3.8, 4) is 0 Å². The van der Waals surface area contributed by atoms with Crippen LogP contribution in [0.1, 0.15) is 24.8 Å². The molecule has 1 aromatic carbocycles. The highest BCUT2D eigenvalue weighted by molar-refractivity contribution is 5.83. The van der Waals surface area contributed by atoms with Gasteiger partial charge in [0.05, 0.1) is 0 Å². The molecule has 0 amide bonds. The average molecular weight is 274 g/mol. The fourth-order valence-corrected chi connectivity index (χ4v) is 2.69. The lowest BCUT2D eigenvalue weighted by molar-refractivity contribution is 0.191. The van der Waals surface area contributed by atoms with Crippen LogP contribution in [0.3, 0.4) is 0 Å². The van der Waals surface area contributed by atoms with Crippen LogP contribution < -0.4 is 5.32 Å². The largest absolute Gasteiger partial charge is 0.385 e. The smallest absolute Gasteiger partial charge is 0.0483 e. The fourth-order valence-electron chi connectivity index (χ4n) is 2.69. The van der Waals surface area contributed by atoms with Crippen molar-refractivity contribution in [3.63, 3.8) is 0 Å². The molecule has 0 aliphatic heterocycles. The van der Waals surface area contributed by atoms with E-state index in [-0.39, 0.29) is 0 Å². The molecule has 0 aliphatic carbocycles. The third-order valence-electron chi connectivity index (χ3n) is 3.74. The van der Waals surface area contributed by atoms with E-state index in [1.54, 1.807) is 7.11 Å². The van der Waals surface area contributed by atoms with E-state index in [1.807, 2.05) is 7.05 Å². The van der Waals surface area contributed by atoms with Crippen LogP contribution in [0.2, 0.25) is 0 Å². The Bertz CT molecular complexity index is 519. The summed E-state index contributed by atoms with van der Waals surface area (Å²) in [7, 11) is 3.78. The number of unbranched alkanes of at least 4 members (excludes halogenated alkanes) is 1. The number of nitrogens with zero attached hydrogens (tertiary/aromatic N) is 1. The zero-order valence-corrected chi connectivity index (χ0v) is 12.7. The topological polar surface area (TPSA) is 26.2 Å². The molecule has 0 fully saturated rings. The van der Waals surface area contributed by atoms with Gasteiger partial charge in [-0.1, -0.05) is 18.2 Å². The summed E-state index contributed by atoms with van der Waals surface area (Å²) in [6.45, 7) is 3.01. The molecule has 0 saturated carbocycles. The second-order valence-corrected chi connectivity index (χ2v) is 5.27. The van der Waals surface area contributed by atoms with E-state index < -0.39 is 0 Å². The van der Waals surface area contributed by atoms with Crippen LogP contribution in [-0.2, 0) is 17.7 Å². The van der Waals surface area contributed by atoms with Crippen molar-refractivity contribution in [2.45, 2.75) is 32.2 Å². The molecule has 3 heteroatoms. The number of methoxy groups -OCH3 is 1. The molecule has 0 aliphatic rings. The van der Waals surface area contributed by atoms with Crippen molar-refractivity contribution in [1.82, 2.24) is 9.88 Å². The summed E-state index contributed by atoms with van der Waals surface area (Å²) in [5, 5.41) is 4.63. The standard InChI is InChI=1S/C17H26N2O/c1-18-11-7-8-15-14-19(12-5-6-13-20-2)17-10-4-3-9-16(15)17/h3-4,9-10,14,18H,5-8,11-13H2,1-2H3. The van der Waals surface area contributed by atoms with Gasteiger partial charge in [-0.05, 0) is 50.9 Å². The number of hydrogen-bond donors (Lipinski definition) is 1. The minimum Gasteiger partial charge on any atom is -0.385 e. The van der Waals surface area contributed by atoms with E-state index in [2.05, 4.69) is 40.3 Å². The van der Waals surface area contributed by atoms with Crippen molar-refractivity contribution in [2.75, 3.05) is 27.3 Å². The van der Waals surface area contributed by atoms with Crippen LogP contribution in [0.25, 0.3) is 10.9 Å². The third-order valence-corrected chi connectivity index (χ3v) is 3.74. The predicted octanol–water partition coefficient (Wildman–Crippen LogP) is 3.22. The number of hydrogen-bond acceptors (Lipinski definition) is 2. The predicted molar refractivity (Wildman–Crippen MR) is 85.3 cm³/mol. The van der Waals surface area contributed by atoms with E-state index in [1.165, 1.54) is 29.3 Å². The van der Waals surface area contributed by atoms with Crippen LogP contribution in [0, 0.1) is 0 Å². The Hall–Kier alpha value is -1.32. The number of ether oxygens (including phenoxy) is 1. The first-order valence-corrected chi connectivity index (χ1v) is 7.57. The molecule has 1 N–H and O–H groups in total. The normalized spacial score (nSPS) is 11.3. The van der Waals surface area contributed by atoms with Crippen LogP contribution in [0.5, 0.6) is 0 Å². The molecule has 0 spiro atoms. The summed E-state index contributed by atoms with van der Waals surface area (Å²) in [6, 6.07) is 8.74. The molecule has 20 heavy (non-hydrogen) atoms. The quantitative estimate of drug-likeness (QED) is 0.711. The maximum atomic E-state index is 5.12. The van der Waals surface area contributed by atoms with Gasteiger partial charge in [0, 0.05) is 37.4 Å². The number of nitrogens with one attached hydrogen (secondary N) is 1. The van der Waals surface area contributed by atoms with Gasteiger partial charge in [0.1, 0.15) is 0 Å². The zero-order valence-electron chi connectivity index (χ0n) is 12.7. The minimum atomic E-state index is 0.855. The molecule has 1 aromatic heterocycles. The molecule has 110 valence electrons. The van der Waals surface area contributed by atoms with Gasteiger partial charge in [0.25, 0.3) is 0 Å². The van der Waals surface area contributed by atoms with Crippen LogP contribution in [0.15, 0.2) is 30.5 Å². The second-order valence-electron chi connectivity index (χ2n) is 5.27. The number of fused-ring (bicyclic) bond motifs is 1. The second kappa shape index (κ2) is 8.08. The minimum absolute atomic E-state index is 0.855. The van der Waals surface area contributed by atoms with E-state index in [0.717, 1.165) is 32.5 Å². The Balaban J connectivity index is 2.09. The summed E-state index contributed by atoms with van der Waals surface area (Å²) >= 11 is 0. The maximum absolute atomic E-state index is 5.12. The van der Waals surface area contributed by atoms with Gasteiger partial charge in [-0.3, -0.25) is 0 Å². The van der Waals surface area contributed by atoms with Gasteiger partial charge in [0.15, 0.2) is 0 Å². The Morgan fingerprint density at radius 1 is 1.15 bits per heavy atom. The first-order chi connectivity index (χ1) is 9.86. The number of aromatic nitrogens is 1. The molecule has 0 saturated heterocycles.